The number of carbonyl (C=O) groups is 1. The Kier molecular flexibility index (Phi) is 4.62. The molecule has 0 radical (unpaired) electrons. The first-order valence-corrected chi connectivity index (χ1v) is 8.57. The van der Waals surface area contributed by atoms with Gasteiger partial charge in [-0.3, -0.25) is 5.32 Å². The molecule has 3 aromatic rings. The normalized spacial score (nSPS) is 10.5. The number of hydrogen-bond acceptors (Lipinski definition) is 3. The van der Waals surface area contributed by atoms with Gasteiger partial charge in [-0.05, 0) is 44.5 Å². The van der Waals surface area contributed by atoms with Gasteiger partial charge in [0.1, 0.15) is 0 Å². The van der Waals surface area contributed by atoms with E-state index in [-0.39, 0.29) is 6.03 Å². The van der Waals surface area contributed by atoms with Crippen LogP contribution in [-0.2, 0) is 0 Å². The van der Waals surface area contributed by atoms with E-state index in [0.717, 1.165) is 22.5 Å². The monoisotopic (exact) mass is 337 g/mol. The average Bonchev–Trinajstić information content (AvgIpc) is 3.00. The van der Waals surface area contributed by atoms with Crippen LogP contribution in [0.3, 0.4) is 0 Å². The molecule has 0 atom stereocenters. The maximum Gasteiger partial charge on any atom is 0.325 e. The van der Waals surface area contributed by atoms with Gasteiger partial charge < -0.3 is 5.32 Å². The van der Waals surface area contributed by atoms with E-state index >= 15 is 0 Å². The van der Waals surface area contributed by atoms with Crippen LogP contribution in [0.4, 0.5) is 15.6 Å². The predicted molar refractivity (Wildman–Crippen MR) is 101 cm³/mol. The lowest BCUT2D eigenvalue weighted by molar-refractivity contribution is 0.262. The van der Waals surface area contributed by atoms with Crippen molar-refractivity contribution in [2.45, 2.75) is 20.8 Å². The molecule has 0 aliphatic rings. The maximum absolute atomic E-state index is 12.1. The van der Waals surface area contributed by atoms with E-state index < -0.39 is 0 Å². The number of thiazole rings is 1. The van der Waals surface area contributed by atoms with E-state index in [1.54, 1.807) is 0 Å². The number of benzene rings is 2. The predicted octanol–water partition coefficient (Wildman–Crippen LogP) is 5.38. The highest BCUT2D eigenvalue weighted by molar-refractivity contribution is 7.14. The van der Waals surface area contributed by atoms with Crippen LogP contribution in [0.1, 0.15) is 16.7 Å². The van der Waals surface area contributed by atoms with Crippen LogP contribution in [0.15, 0.2) is 47.8 Å². The Bertz CT molecular complexity index is 869. The number of carbonyl (C=O) groups excluding carboxylic acids is 1. The molecule has 24 heavy (non-hydrogen) atoms. The summed E-state index contributed by atoms with van der Waals surface area (Å²) in [7, 11) is 0. The van der Waals surface area contributed by atoms with Crippen LogP contribution in [0.5, 0.6) is 0 Å². The van der Waals surface area contributed by atoms with Crippen LogP contribution in [0.25, 0.3) is 11.3 Å². The van der Waals surface area contributed by atoms with Gasteiger partial charge in [0.15, 0.2) is 5.13 Å². The molecule has 0 aliphatic heterocycles. The molecule has 2 aromatic carbocycles. The standard InChI is InChI=1S/C19H19N3OS/c1-12-5-8-15(9-6-12)20-18(23)22-19-21-17(11-24-19)16-10-13(2)4-7-14(16)3/h4-11H,1-3H3,(H2,20,21,22,23). The van der Waals surface area contributed by atoms with Crippen molar-refractivity contribution in [2.24, 2.45) is 0 Å². The van der Waals surface area contributed by atoms with Gasteiger partial charge in [-0.15, -0.1) is 11.3 Å². The molecular formula is C19H19N3OS. The molecule has 0 saturated heterocycles. The summed E-state index contributed by atoms with van der Waals surface area (Å²) in [6, 6.07) is 13.6. The highest BCUT2D eigenvalue weighted by Gasteiger charge is 2.10. The number of rotatable bonds is 3. The Balaban J connectivity index is 1.70. The molecule has 2 N–H and O–H groups in total. The van der Waals surface area contributed by atoms with Gasteiger partial charge in [0, 0.05) is 16.6 Å². The van der Waals surface area contributed by atoms with Gasteiger partial charge >= 0.3 is 6.03 Å². The molecule has 4 nitrogen and oxygen atoms in total. The zero-order valence-corrected chi connectivity index (χ0v) is 14.7. The Morgan fingerprint density at radius 1 is 0.958 bits per heavy atom. The van der Waals surface area contributed by atoms with Crippen molar-refractivity contribution in [2.75, 3.05) is 10.6 Å². The highest BCUT2D eigenvalue weighted by Crippen LogP contribution is 2.28. The second-order valence-corrected chi connectivity index (χ2v) is 6.66. The van der Waals surface area contributed by atoms with Crippen molar-refractivity contribution in [1.29, 1.82) is 0 Å². The molecule has 0 aliphatic carbocycles. The first-order chi connectivity index (χ1) is 11.5. The molecule has 5 heteroatoms. The molecular weight excluding hydrogens is 318 g/mol. The van der Waals surface area contributed by atoms with Crippen molar-refractivity contribution < 1.29 is 4.79 Å². The van der Waals surface area contributed by atoms with Gasteiger partial charge in [0.2, 0.25) is 0 Å². The lowest BCUT2D eigenvalue weighted by Gasteiger charge is -2.06. The molecule has 0 bridgehead atoms. The summed E-state index contributed by atoms with van der Waals surface area (Å²) in [5, 5.41) is 8.13. The van der Waals surface area contributed by atoms with Crippen molar-refractivity contribution in [3.05, 3.63) is 64.5 Å². The molecule has 0 unspecified atom stereocenters. The summed E-state index contributed by atoms with van der Waals surface area (Å²) in [6.07, 6.45) is 0. The van der Waals surface area contributed by atoms with Crippen molar-refractivity contribution in [3.8, 4) is 11.3 Å². The SMILES string of the molecule is Cc1ccc(NC(=O)Nc2nc(-c3cc(C)ccc3C)cs2)cc1. The lowest BCUT2D eigenvalue weighted by atomic mass is 10.0. The minimum Gasteiger partial charge on any atom is -0.308 e. The van der Waals surface area contributed by atoms with E-state index in [2.05, 4.69) is 47.7 Å². The first kappa shape index (κ1) is 16.2. The molecule has 0 fully saturated rings. The Hall–Kier alpha value is -2.66. The number of aromatic nitrogens is 1. The van der Waals surface area contributed by atoms with Crippen LogP contribution in [0.2, 0.25) is 0 Å². The first-order valence-electron chi connectivity index (χ1n) is 7.69. The van der Waals surface area contributed by atoms with Crippen molar-refractivity contribution in [1.82, 2.24) is 4.98 Å². The number of nitrogens with one attached hydrogen (secondary N) is 2. The summed E-state index contributed by atoms with van der Waals surface area (Å²) in [5.41, 5.74) is 6.24. The topological polar surface area (TPSA) is 54.0 Å². The molecule has 3 rings (SSSR count). The Morgan fingerprint density at radius 2 is 1.67 bits per heavy atom. The molecule has 0 spiro atoms. The minimum absolute atomic E-state index is 0.291. The van der Waals surface area contributed by atoms with Crippen LogP contribution >= 0.6 is 11.3 Å². The van der Waals surface area contributed by atoms with Crippen LogP contribution < -0.4 is 10.6 Å². The van der Waals surface area contributed by atoms with Gasteiger partial charge in [0.05, 0.1) is 5.69 Å². The largest absolute Gasteiger partial charge is 0.325 e. The number of hydrogen-bond donors (Lipinski definition) is 2. The van der Waals surface area contributed by atoms with E-state index in [4.69, 9.17) is 0 Å². The molecule has 0 saturated carbocycles. The lowest BCUT2D eigenvalue weighted by Crippen LogP contribution is -2.19. The molecule has 122 valence electrons. The summed E-state index contributed by atoms with van der Waals surface area (Å²) in [5.74, 6) is 0. The molecule has 1 heterocycles. The fourth-order valence-electron chi connectivity index (χ4n) is 2.36. The zero-order valence-electron chi connectivity index (χ0n) is 13.9. The fraction of sp³-hybridized carbons (Fsp3) is 0.158. The Morgan fingerprint density at radius 3 is 2.42 bits per heavy atom. The molecule has 1 aromatic heterocycles. The van der Waals surface area contributed by atoms with Gasteiger partial charge in [-0.25, -0.2) is 9.78 Å². The zero-order chi connectivity index (χ0) is 17.1. The minimum atomic E-state index is -0.291. The number of nitrogens with zero attached hydrogens (tertiary/aromatic N) is 1. The fourth-order valence-corrected chi connectivity index (χ4v) is 3.07. The van der Waals surface area contributed by atoms with Crippen LogP contribution in [-0.4, -0.2) is 11.0 Å². The average molecular weight is 337 g/mol. The van der Waals surface area contributed by atoms with E-state index in [1.807, 2.05) is 36.6 Å². The van der Waals surface area contributed by atoms with Crippen molar-refractivity contribution in [3.63, 3.8) is 0 Å². The second-order valence-electron chi connectivity index (χ2n) is 5.80. The third kappa shape index (κ3) is 3.81. The van der Waals surface area contributed by atoms with E-state index in [0.29, 0.717) is 5.13 Å². The number of anilines is 2. The third-order valence-electron chi connectivity index (χ3n) is 3.70. The van der Waals surface area contributed by atoms with E-state index in [1.165, 1.54) is 22.5 Å². The third-order valence-corrected chi connectivity index (χ3v) is 4.46. The quantitative estimate of drug-likeness (QED) is 0.674. The summed E-state index contributed by atoms with van der Waals surface area (Å²) < 4.78 is 0. The Labute approximate surface area is 145 Å². The number of aryl methyl sites for hydroxylation is 3. The van der Waals surface area contributed by atoms with E-state index in [9.17, 15) is 4.79 Å². The number of amides is 2. The second kappa shape index (κ2) is 6.84. The number of urea groups is 1. The molecule has 2 amide bonds. The van der Waals surface area contributed by atoms with Gasteiger partial charge in [-0.1, -0.05) is 35.4 Å². The van der Waals surface area contributed by atoms with Gasteiger partial charge in [-0.2, -0.15) is 0 Å². The maximum atomic E-state index is 12.1. The van der Waals surface area contributed by atoms with Crippen LogP contribution in [0, 0.1) is 20.8 Å². The van der Waals surface area contributed by atoms with Crippen molar-refractivity contribution >= 4 is 28.2 Å². The summed E-state index contributed by atoms with van der Waals surface area (Å²) in [4.78, 5) is 16.6. The smallest absolute Gasteiger partial charge is 0.308 e. The van der Waals surface area contributed by atoms with Gasteiger partial charge in [0.25, 0.3) is 0 Å². The summed E-state index contributed by atoms with van der Waals surface area (Å²) >= 11 is 1.42. The highest BCUT2D eigenvalue weighted by atomic mass is 32.1. The summed E-state index contributed by atoms with van der Waals surface area (Å²) in [6.45, 7) is 6.13.